The SMILES string of the molecule is CC1=CC(=O)c2ccccc2CO1. The zero-order valence-electron chi connectivity index (χ0n) is 7.41. The van der Waals surface area contributed by atoms with E-state index in [0.717, 1.165) is 11.1 Å². The van der Waals surface area contributed by atoms with Crippen LogP contribution in [0.4, 0.5) is 0 Å². The number of rotatable bonds is 0. The minimum Gasteiger partial charge on any atom is -0.493 e. The molecule has 0 amide bonds. The van der Waals surface area contributed by atoms with Crippen molar-refractivity contribution in [1.82, 2.24) is 0 Å². The number of ether oxygens (including phenoxy) is 1. The van der Waals surface area contributed by atoms with Crippen molar-refractivity contribution in [3.63, 3.8) is 0 Å². The largest absolute Gasteiger partial charge is 0.493 e. The van der Waals surface area contributed by atoms with E-state index in [2.05, 4.69) is 0 Å². The smallest absolute Gasteiger partial charge is 0.189 e. The molecule has 0 radical (unpaired) electrons. The molecule has 0 N–H and O–H groups in total. The summed E-state index contributed by atoms with van der Waals surface area (Å²) in [6.07, 6.45) is 1.53. The predicted octanol–water partition coefficient (Wildman–Crippen LogP) is 2.30. The van der Waals surface area contributed by atoms with Gasteiger partial charge in [0.2, 0.25) is 0 Å². The zero-order valence-corrected chi connectivity index (χ0v) is 7.41. The van der Waals surface area contributed by atoms with Crippen LogP contribution in [0.3, 0.4) is 0 Å². The van der Waals surface area contributed by atoms with Gasteiger partial charge in [-0.2, -0.15) is 0 Å². The Morgan fingerprint density at radius 2 is 2.08 bits per heavy atom. The highest BCUT2D eigenvalue weighted by molar-refractivity contribution is 6.06. The van der Waals surface area contributed by atoms with Gasteiger partial charge in [0.05, 0.1) is 5.76 Å². The molecule has 0 saturated heterocycles. The molecule has 0 fully saturated rings. The Balaban J connectivity index is 2.51. The van der Waals surface area contributed by atoms with Crippen LogP contribution in [-0.4, -0.2) is 5.78 Å². The van der Waals surface area contributed by atoms with Crippen LogP contribution >= 0.6 is 0 Å². The van der Waals surface area contributed by atoms with Gasteiger partial charge in [0.1, 0.15) is 6.61 Å². The van der Waals surface area contributed by atoms with E-state index in [1.165, 1.54) is 6.08 Å². The normalized spacial score (nSPS) is 15.5. The van der Waals surface area contributed by atoms with E-state index in [4.69, 9.17) is 4.74 Å². The van der Waals surface area contributed by atoms with Crippen molar-refractivity contribution in [2.24, 2.45) is 0 Å². The maximum absolute atomic E-state index is 11.6. The Bertz CT molecular complexity index is 377. The van der Waals surface area contributed by atoms with Crippen LogP contribution in [0.5, 0.6) is 0 Å². The summed E-state index contributed by atoms with van der Waals surface area (Å²) in [6.45, 7) is 2.29. The lowest BCUT2D eigenvalue weighted by Crippen LogP contribution is -1.97. The van der Waals surface area contributed by atoms with Crippen molar-refractivity contribution in [1.29, 1.82) is 0 Å². The molecule has 0 aliphatic carbocycles. The molecule has 0 saturated carbocycles. The summed E-state index contributed by atoms with van der Waals surface area (Å²) < 4.78 is 5.34. The van der Waals surface area contributed by atoms with E-state index in [-0.39, 0.29) is 5.78 Å². The van der Waals surface area contributed by atoms with E-state index < -0.39 is 0 Å². The van der Waals surface area contributed by atoms with Crippen LogP contribution in [0.15, 0.2) is 36.1 Å². The minimum absolute atomic E-state index is 0.0330. The van der Waals surface area contributed by atoms with Crippen LogP contribution in [0.2, 0.25) is 0 Å². The summed E-state index contributed by atoms with van der Waals surface area (Å²) in [6, 6.07) is 7.52. The molecule has 0 unspecified atom stereocenters. The second-order valence-electron chi connectivity index (χ2n) is 3.07. The molecule has 2 nitrogen and oxygen atoms in total. The highest BCUT2D eigenvalue weighted by atomic mass is 16.5. The highest BCUT2D eigenvalue weighted by Gasteiger charge is 2.13. The van der Waals surface area contributed by atoms with E-state index >= 15 is 0 Å². The van der Waals surface area contributed by atoms with Gasteiger partial charge in [-0.25, -0.2) is 0 Å². The fraction of sp³-hybridized carbons (Fsp3) is 0.182. The van der Waals surface area contributed by atoms with Gasteiger partial charge in [-0.05, 0) is 6.92 Å². The number of hydrogen-bond acceptors (Lipinski definition) is 2. The van der Waals surface area contributed by atoms with Gasteiger partial charge in [-0.3, -0.25) is 4.79 Å². The first-order valence-corrected chi connectivity index (χ1v) is 4.21. The summed E-state index contributed by atoms with van der Waals surface area (Å²) in [4.78, 5) is 11.6. The molecule has 1 aliphatic rings. The molecule has 66 valence electrons. The van der Waals surface area contributed by atoms with Crippen molar-refractivity contribution in [3.05, 3.63) is 47.2 Å². The number of allylic oxidation sites excluding steroid dienone is 2. The Kier molecular flexibility index (Phi) is 1.89. The third-order valence-corrected chi connectivity index (χ3v) is 2.07. The maximum Gasteiger partial charge on any atom is 0.189 e. The lowest BCUT2D eigenvalue weighted by Gasteiger charge is -2.03. The molecule has 1 aliphatic heterocycles. The van der Waals surface area contributed by atoms with Crippen molar-refractivity contribution in [3.8, 4) is 0 Å². The quantitative estimate of drug-likeness (QED) is 0.603. The molecule has 2 rings (SSSR count). The number of hydrogen-bond donors (Lipinski definition) is 0. The molecule has 0 bridgehead atoms. The number of carbonyl (C=O) groups excluding carboxylic acids is 1. The molecule has 2 heteroatoms. The summed E-state index contributed by atoms with van der Waals surface area (Å²) in [5.74, 6) is 0.715. The number of ketones is 1. The lowest BCUT2D eigenvalue weighted by atomic mass is 10.0. The van der Waals surface area contributed by atoms with Crippen LogP contribution in [0.1, 0.15) is 22.8 Å². The molecule has 0 spiro atoms. The van der Waals surface area contributed by atoms with Gasteiger partial charge in [-0.15, -0.1) is 0 Å². The topological polar surface area (TPSA) is 26.3 Å². The third-order valence-electron chi connectivity index (χ3n) is 2.07. The summed E-state index contributed by atoms with van der Waals surface area (Å²) in [5, 5.41) is 0. The highest BCUT2D eigenvalue weighted by Crippen LogP contribution is 2.17. The molecule has 1 heterocycles. The molecular weight excluding hydrogens is 164 g/mol. The van der Waals surface area contributed by atoms with E-state index in [0.29, 0.717) is 12.4 Å². The van der Waals surface area contributed by atoms with Gasteiger partial charge in [0, 0.05) is 17.2 Å². The third kappa shape index (κ3) is 1.47. The fourth-order valence-electron chi connectivity index (χ4n) is 1.38. The Hall–Kier alpha value is -1.57. The standard InChI is InChI=1S/C11H10O2/c1-8-6-11(12)10-5-3-2-4-9(10)7-13-8/h2-6H,7H2,1H3. The van der Waals surface area contributed by atoms with Crippen LogP contribution in [-0.2, 0) is 11.3 Å². The second-order valence-corrected chi connectivity index (χ2v) is 3.07. The summed E-state index contributed by atoms with van der Waals surface area (Å²) in [5.41, 5.74) is 1.71. The number of carbonyl (C=O) groups is 1. The Morgan fingerprint density at radius 3 is 2.92 bits per heavy atom. The first-order chi connectivity index (χ1) is 6.27. The molecule has 0 atom stereocenters. The first kappa shape index (κ1) is 8.05. The minimum atomic E-state index is 0.0330. The van der Waals surface area contributed by atoms with Crippen LogP contribution in [0, 0.1) is 0 Å². The maximum atomic E-state index is 11.6. The van der Waals surface area contributed by atoms with Crippen molar-refractivity contribution < 1.29 is 9.53 Å². The number of fused-ring (bicyclic) bond motifs is 1. The van der Waals surface area contributed by atoms with E-state index in [9.17, 15) is 4.79 Å². The monoisotopic (exact) mass is 174 g/mol. The first-order valence-electron chi connectivity index (χ1n) is 4.21. The molecule has 0 aromatic heterocycles. The van der Waals surface area contributed by atoms with Gasteiger partial charge in [0.25, 0.3) is 0 Å². The number of benzene rings is 1. The zero-order chi connectivity index (χ0) is 9.26. The van der Waals surface area contributed by atoms with Crippen molar-refractivity contribution >= 4 is 5.78 Å². The van der Waals surface area contributed by atoms with E-state index in [1.54, 1.807) is 6.92 Å². The van der Waals surface area contributed by atoms with Gasteiger partial charge >= 0.3 is 0 Å². The van der Waals surface area contributed by atoms with Gasteiger partial charge < -0.3 is 4.74 Å². The van der Waals surface area contributed by atoms with Gasteiger partial charge in [0.15, 0.2) is 5.78 Å². The predicted molar refractivity (Wildman–Crippen MR) is 49.3 cm³/mol. The van der Waals surface area contributed by atoms with E-state index in [1.807, 2.05) is 24.3 Å². The molecule has 1 aromatic rings. The van der Waals surface area contributed by atoms with Crippen molar-refractivity contribution in [2.45, 2.75) is 13.5 Å². The van der Waals surface area contributed by atoms with Crippen molar-refractivity contribution in [2.75, 3.05) is 0 Å². The summed E-state index contributed by atoms with van der Waals surface area (Å²) in [7, 11) is 0. The second kappa shape index (κ2) is 3.05. The van der Waals surface area contributed by atoms with Gasteiger partial charge in [-0.1, -0.05) is 24.3 Å². The Morgan fingerprint density at radius 1 is 1.31 bits per heavy atom. The van der Waals surface area contributed by atoms with Crippen LogP contribution < -0.4 is 0 Å². The molecule has 1 aromatic carbocycles. The lowest BCUT2D eigenvalue weighted by molar-refractivity contribution is 0.104. The molecule has 13 heavy (non-hydrogen) atoms. The Labute approximate surface area is 76.8 Å². The average Bonchev–Trinajstić information content (AvgIpc) is 2.27. The summed E-state index contributed by atoms with van der Waals surface area (Å²) >= 11 is 0. The fourth-order valence-corrected chi connectivity index (χ4v) is 1.38. The molecular formula is C11H10O2. The van der Waals surface area contributed by atoms with Crippen LogP contribution in [0.25, 0.3) is 0 Å². The average molecular weight is 174 g/mol.